The number of fused-ring (bicyclic) bond motifs is 3. The zero-order chi connectivity index (χ0) is 26.7. The summed E-state index contributed by atoms with van der Waals surface area (Å²) in [5, 5.41) is 8.16. The van der Waals surface area contributed by atoms with Crippen LogP contribution < -0.4 is 10.6 Å². The molecule has 0 unspecified atom stereocenters. The summed E-state index contributed by atoms with van der Waals surface area (Å²) in [6.07, 6.45) is 6.07. The van der Waals surface area contributed by atoms with Gasteiger partial charge in [0.15, 0.2) is 0 Å². The highest BCUT2D eigenvalue weighted by Gasteiger charge is 2.26. The minimum absolute atomic E-state index is 0.0358. The number of hydrogen-bond acceptors (Lipinski definition) is 8. The second-order valence-corrected chi connectivity index (χ2v) is 12.0. The lowest BCUT2D eigenvalue weighted by atomic mass is 10.0. The van der Waals surface area contributed by atoms with Crippen LogP contribution in [0.2, 0.25) is 0 Å². The smallest absolute Gasteiger partial charge is 0.246 e. The van der Waals surface area contributed by atoms with Crippen LogP contribution in [0.15, 0.2) is 36.7 Å². The highest BCUT2D eigenvalue weighted by Crippen LogP contribution is 2.38. The first kappa shape index (κ1) is 26.7. The highest BCUT2D eigenvalue weighted by atomic mass is 32.1. The van der Waals surface area contributed by atoms with Crippen LogP contribution >= 0.6 is 11.3 Å². The Morgan fingerprint density at radius 3 is 2.76 bits per heavy atom. The second-order valence-electron chi connectivity index (χ2n) is 10.9. The van der Waals surface area contributed by atoms with E-state index < -0.39 is 0 Å². The van der Waals surface area contributed by atoms with Gasteiger partial charge < -0.3 is 20.3 Å². The summed E-state index contributed by atoms with van der Waals surface area (Å²) < 4.78 is 5.45. The number of ether oxygens (including phenoxy) is 1. The van der Waals surface area contributed by atoms with Gasteiger partial charge in [0.05, 0.1) is 25.1 Å². The number of rotatable bonds is 8. The van der Waals surface area contributed by atoms with E-state index in [2.05, 4.69) is 71.4 Å². The quantitative estimate of drug-likeness (QED) is 0.419. The van der Waals surface area contributed by atoms with Crippen molar-refractivity contribution < 1.29 is 9.53 Å². The van der Waals surface area contributed by atoms with Crippen LogP contribution in [0.25, 0.3) is 10.2 Å². The van der Waals surface area contributed by atoms with Crippen LogP contribution in [0, 0.1) is 13.8 Å². The molecule has 2 aromatic heterocycles. The van der Waals surface area contributed by atoms with Crippen LogP contribution in [-0.2, 0) is 22.5 Å². The largest absolute Gasteiger partial charge is 0.379 e. The number of carbonyl (C=O) groups is 1. The molecule has 0 bridgehead atoms. The third-order valence-corrected chi connectivity index (χ3v) is 8.52. The van der Waals surface area contributed by atoms with Crippen LogP contribution in [0.4, 0.5) is 11.5 Å². The number of amides is 1. The molecule has 0 spiro atoms. The van der Waals surface area contributed by atoms with Crippen molar-refractivity contribution >= 4 is 39.0 Å². The topological polar surface area (TPSA) is 82.6 Å². The van der Waals surface area contributed by atoms with Crippen LogP contribution in [0.5, 0.6) is 0 Å². The zero-order valence-corrected chi connectivity index (χ0v) is 23.7. The Kier molecular flexibility index (Phi) is 8.09. The minimum Gasteiger partial charge on any atom is -0.379 e. The molecule has 1 saturated heterocycles. The average molecular weight is 535 g/mol. The Labute approximate surface area is 229 Å². The maximum atomic E-state index is 13.0. The Morgan fingerprint density at radius 1 is 1.16 bits per heavy atom. The van der Waals surface area contributed by atoms with E-state index in [0.717, 1.165) is 61.0 Å². The van der Waals surface area contributed by atoms with Crippen molar-refractivity contribution in [1.82, 2.24) is 25.1 Å². The number of nitrogens with one attached hydrogen (secondary N) is 2. The number of aromatic nitrogens is 2. The molecule has 1 aromatic carbocycles. The molecule has 4 heterocycles. The Bertz CT molecular complexity index is 1330. The van der Waals surface area contributed by atoms with Crippen LogP contribution in [0.1, 0.15) is 35.4 Å². The molecule has 3 aromatic rings. The normalized spacial score (nSPS) is 16.8. The first-order valence-corrected chi connectivity index (χ1v) is 14.2. The van der Waals surface area contributed by atoms with Crippen molar-refractivity contribution in [3.8, 4) is 0 Å². The summed E-state index contributed by atoms with van der Waals surface area (Å²) in [6.45, 7) is 15.1. The van der Waals surface area contributed by atoms with E-state index in [-0.39, 0.29) is 11.4 Å². The summed E-state index contributed by atoms with van der Waals surface area (Å²) in [4.78, 5) is 28.6. The van der Waals surface area contributed by atoms with Gasteiger partial charge in [0.1, 0.15) is 17.0 Å². The number of hydrogen-bond donors (Lipinski definition) is 2. The lowest BCUT2D eigenvalue weighted by Crippen LogP contribution is -2.51. The van der Waals surface area contributed by atoms with E-state index in [4.69, 9.17) is 4.74 Å². The van der Waals surface area contributed by atoms with E-state index in [0.29, 0.717) is 19.6 Å². The monoisotopic (exact) mass is 534 g/mol. The zero-order valence-electron chi connectivity index (χ0n) is 22.8. The summed E-state index contributed by atoms with van der Waals surface area (Å²) in [5.74, 6) is 0.890. The minimum atomic E-state index is -0.0358. The number of morpholine rings is 1. The predicted molar refractivity (Wildman–Crippen MR) is 154 cm³/mol. The molecular formula is C29H38N6O2S. The molecule has 0 radical (unpaired) electrons. The van der Waals surface area contributed by atoms with Gasteiger partial charge in [0.25, 0.3) is 0 Å². The number of anilines is 2. The fourth-order valence-corrected chi connectivity index (χ4v) is 6.34. The molecule has 8 nitrogen and oxygen atoms in total. The number of carbonyl (C=O) groups excluding carboxylic acids is 1. The lowest BCUT2D eigenvalue weighted by molar-refractivity contribution is -0.126. The van der Waals surface area contributed by atoms with Gasteiger partial charge in [-0.25, -0.2) is 9.97 Å². The SMILES string of the molecule is Cc1ccc(Nc2ncnc3sc4c(c23)CCN(C(=O)/C=C/CNC(C)(C)CN2CCOCC2)C4)cc1C. The first-order chi connectivity index (χ1) is 18.3. The van der Waals surface area contributed by atoms with Crippen molar-refractivity contribution in [2.75, 3.05) is 51.3 Å². The molecule has 2 aliphatic heterocycles. The van der Waals surface area contributed by atoms with Gasteiger partial charge in [0, 0.05) is 54.9 Å². The molecule has 202 valence electrons. The molecule has 2 aliphatic rings. The van der Waals surface area contributed by atoms with E-state index in [1.165, 1.54) is 21.6 Å². The van der Waals surface area contributed by atoms with E-state index >= 15 is 0 Å². The molecule has 5 rings (SSSR count). The fourth-order valence-electron chi connectivity index (χ4n) is 5.14. The van der Waals surface area contributed by atoms with Crippen LogP contribution in [0.3, 0.4) is 0 Å². The summed E-state index contributed by atoms with van der Waals surface area (Å²) >= 11 is 1.66. The molecule has 9 heteroatoms. The Morgan fingerprint density at radius 2 is 1.97 bits per heavy atom. The summed E-state index contributed by atoms with van der Waals surface area (Å²) in [7, 11) is 0. The third kappa shape index (κ3) is 6.23. The molecule has 1 fully saturated rings. The van der Waals surface area contributed by atoms with Gasteiger partial charge in [-0.05, 0) is 62.9 Å². The van der Waals surface area contributed by atoms with Gasteiger partial charge in [-0.15, -0.1) is 11.3 Å². The Balaban J connectivity index is 1.20. The van der Waals surface area contributed by atoms with Gasteiger partial charge in [-0.3, -0.25) is 9.69 Å². The van der Waals surface area contributed by atoms with Gasteiger partial charge in [-0.1, -0.05) is 12.1 Å². The lowest BCUT2D eigenvalue weighted by Gasteiger charge is -2.35. The average Bonchev–Trinajstić information content (AvgIpc) is 3.28. The molecule has 1 amide bonds. The highest BCUT2D eigenvalue weighted by molar-refractivity contribution is 7.19. The van der Waals surface area contributed by atoms with Gasteiger partial charge in [-0.2, -0.15) is 0 Å². The van der Waals surface area contributed by atoms with Crippen molar-refractivity contribution in [3.05, 3.63) is 58.2 Å². The molecule has 0 saturated carbocycles. The molecule has 0 atom stereocenters. The molecule has 38 heavy (non-hydrogen) atoms. The third-order valence-electron chi connectivity index (χ3n) is 7.40. The summed E-state index contributed by atoms with van der Waals surface area (Å²) in [5.41, 5.74) is 4.75. The van der Waals surface area contributed by atoms with Crippen LogP contribution in [-0.4, -0.2) is 77.2 Å². The second kappa shape index (κ2) is 11.5. The summed E-state index contributed by atoms with van der Waals surface area (Å²) in [6, 6.07) is 6.35. The standard InChI is InChI=1S/C29H38N6O2S/c1-20-7-8-22(16-21(20)2)33-27-26-23-9-11-35(17-24(23)38-28(26)31-19-30-27)25(36)6-5-10-32-29(3,4)18-34-12-14-37-15-13-34/h5-8,16,19,32H,9-15,17-18H2,1-4H3,(H,30,31,33)/b6-5+. The number of thiophene rings is 1. The Hall–Kier alpha value is -2.85. The maximum Gasteiger partial charge on any atom is 0.246 e. The van der Waals surface area contributed by atoms with Gasteiger partial charge in [0.2, 0.25) is 5.91 Å². The maximum absolute atomic E-state index is 13.0. The molecular weight excluding hydrogens is 496 g/mol. The number of benzene rings is 1. The van der Waals surface area contributed by atoms with Crippen molar-refractivity contribution in [2.45, 2.75) is 46.2 Å². The van der Waals surface area contributed by atoms with Crippen molar-refractivity contribution in [3.63, 3.8) is 0 Å². The van der Waals surface area contributed by atoms with Crippen molar-refractivity contribution in [1.29, 1.82) is 0 Å². The van der Waals surface area contributed by atoms with E-state index in [1.807, 2.05) is 11.0 Å². The van der Waals surface area contributed by atoms with E-state index in [9.17, 15) is 4.79 Å². The van der Waals surface area contributed by atoms with Crippen molar-refractivity contribution in [2.24, 2.45) is 0 Å². The predicted octanol–water partition coefficient (Wildman–Crippen LogP) is 4.19. The first-order valence-electron chi connectivity index (χ1n) is 13.4. The number of aryl methyl sites for hydroxylation is 2. The molecule has 0 aliphatic carbocycles. The number of nitrogens with zero attached hydrogens (tertiary/aromatic N) is 4. The fraction of sp³-hybridized carbons (Fsp3) is 0.483. The molecule has 2 N–H and O–H groups in total. The van der Waals surface area contributed by atoms with E-state index in [1.54, 1.807) is 23.7 Å². The van der Waals surface area contributed by atoms with Gasteiger partial charge >= 0.3 is 0 Å².